The fraction of sp³-hybridized carbons (Fsp3) is 0.571. The second kappa shape index (κ2) is 5.78. The quantitative estimate of drug-likeness (QED) is 0.922. The van der Waals surface area contributed by atoms with Crippen LogP contribution in [-0.2, 0) is 0 Å². The first kappa shape index (κ1) is 14.1. The van der Waals surface area contributed by atoms with E-state index in [0.717, 1.165) is 12.8 Å². The third kappa shape index (κ3) is 3.00. The summed E-state index contributed by atoms with van der Waals surface area (Å²) in [5, 5.41) is 9.33. The van der Waals surface area contributed by atoms with Gasteiger partial charge in [0.25, 0.3) is 0 Å². The predicted molar refractivity (Wildman–Crippen MR) is 76.0 cm³/mol. The van der Waals surface area contributed by atoms with Crippen LogP contribution in [0.5, 0.6) is 0 Å². The zero-order valence-electron chi connectivity index (χ0n) is 11.3. The molecule has 1 aromatic rings. The first-order valence-electron chi connectivity index (χ1n) is 6.61. The molecule has 1 aliphatic rings. The second-order valence-electron chi connectivity index (χ2n) is 5.34. The van der Waals surface area contributed by atoms with Crippen LogP contribution >= 0.6 is 11.6 Å². The summed E-state index contributed by atoms with van der Waals surface area (Å²) in [6, 6.07) is 1.82. The number of carboxylic acids is 1. The van der Waals surface area contributed by atoms with Gasteiger partial charge in [-0.05, 0) is 24.8 Å². The minimum atomic E-state index is -1.01. The van der Waals surface area contributed by atoms with Gasteiger partial charge >= 0.3 is 5.97 Å². The van der Waals surface area contributed by atoms with Gasteiger partial charge in [0.2, 0.25) is 0 Å². The van der Waals surface area contributed by atoms with E-state index in [4.69, 9.17) is 16.7 Å². The van der Waals surface area contributed by atoms with Crippen LogP contribution in [0.2, 0.25) is 5.02 Å². The molecule has 19 heavy (non-hydrogen) atoms. The SMILES string of the molecule is CC1CCCC(N(C)c2nccc(C(=O)O)c2Cl)C1. The van der Waals surface area contributed by atoms with E-state index in [0.29, 0.717) is 17.8 Å². The minimum absolute atomic E-state index is 0.113. The summed E-state index contributed by atoms with van der Waals surface area (Å²) in [7, 11) is 1.95. The number of carboxylic acid groups (broad SMARTS) is 1. The highest BCUT2D eigenvalue weighted by molar-refractivity contribution is 6.35. The van der Waals surface area contributed by atoms with Gasteiger partial charge in [0, 0.05) is 19.3 Å². The largest absolute Gasteiger partial charge is 0.478 e. The molecule has 1 saturated carbocycles. The molecule has 4 nitrogen and oxygen atoms in total. The van der Waals surface area contributed by atoms with Gasteiger partial charge in [-0.2, -0.15) is 0 Å². The van der Waals surface area contributed by atoms with E-state index in [1.54, 1.807) is 0 Å². The van der Waals surface area contributed by atoms with Crippen LogP contribution in [0, 0.1) is 5.92 Å². The van der Waals surface area contributed by atoms with E-state index in [9.17, 15) is 4.79 Å². The van der Waals surface area contributed by atoms with Crippen molar-refractivity contribution < 1.29 is 9.90 Å². The monoisotopic (exact) mass is 282 g/mol. The molecule has 0 bridgehead atoms. The Kier molecular flexibility index (Phi) is 4.30. The second-order valence-corrected chi connectivity index (χ2v) is 5.72. The number of hydrogen-bond donors (Lipinski definition) is 1. The molecule has 1 fully saturated rings. The van der Waals surface area contributed by atoms with Crippen molar-refractivity contribution in [1.82, 2.24) is 4.98 Å². The Morgan fingerprint density at radius 2 is 2.26 bits per heavy atom. The summed E-state index contributed by atoms with van der Waals surface area (Å²) < 4.78 is 0. The van der Waals surface area contributed by atoms with Crippen LogP contribution in [0.25, 0.3) is 0 Å². The fourth-order valence-corrected chi connectivity index (χ4v) is 3.10. The van der Waals surface area contributed by atoms with Gasteiger partial charge in [-0.1, -0.05) is 31.4 Å². The van der Waals surface area contributed by atoms with E-state index in [2.05, 4.69) is 11.9 Å². The molecule has 0 spiro atoms. The van der Waals surface area contributed by atoms with Crippen LogP contribution < -0.4 is 4.90 Å². The maximum absolute atomic E-state index is 11.1. The molecule has 1 N–H and O–H groups in total. The highest BCUT2D eigenvalue weighted by Crippen LogP contribution is 2.33. The van der Waals surface area contributed by atoms with Crippen LogP contribution in [0.1, 0.15) is 43.0 Å². The third-order valence-corrected chi connectivity index (χ3v) is 4.26. The summed E-state index contributed by atoms with van der Waals surface area (Å²) in [5.74, 6) is 0.252. The van der Waals surface area contributed by atoms with Gasteiger partial charge < -0.3 is 10.0 Å². The smallest absolute Gasteiger partial charge is 0.337 e. The zero-order chi connectivity index (χ0) is 14.0. The summed E-state index contributed by atoms with van der Waals surface area (Å²) in [6.45, 7) is 2.25. The van der Waals surface area contributed by atoms with Crippen molar-refractivity contribution in [3.8, 4) is 0 Å². The fourth-order valence-electron chi connectivity index (χ4n) is 2.77. The Balaban J connectivity index is 2.26. The molecular weight excluding hydrogens is 264 g/mol. The Bertz CT molecular complexity index is 479. The van der Waals surface area contributed by atoms with Gasteiger partial charge in [-0.25, -0.2) is 9.78 Å². The molecular formula is C14H19ClN2O2. The maximum atomic E-state index is 11.1. The van der Waals surface area contributed by atoms with Crippen LogP contribution in [0.15, 0.2) is 12.3 Å². The number of rotatable bonds is 3. The van der Waals surface area contributed by atoms with Crippen molar-refractivity contribution in [1.29, 1.82) is 0 Å². The highest BCUT2D eigenvalue weighted by Gasteiger charge is 2.25. The molecule has 0 amide bonds. The van der Waals surface area contributed by atoms with Crippen molar-refractivity contribution in [2.75, 3.05) is 11.9 Å². The molecule has 2 unspecified atom stereocenters. The number of nitrogens with zero attached hydrogens (tertiary/aromatic N) is 2. The molecule has 1 aliphatic carbocycles. The van der Waals surface area contributed by atoms with Crippen molar-refractivity contribution in [2.45, 2.75) is 38.6 Å². The van der Waals surface area contributed by atoms with E-state index in [-0.39, 0.29) is 10.6 Å². The summed E-state index contributed by atoms with van der Waals surface area (Å²) >= 11 is 6.17. The Labute approximate surface area is 118 Å². The average molecular weight is 283 g/mol. The van der Waals surface area contributed by atoms with Crippen molar-refractivity contribution >= 4 is 23.4 Å². The molecule has 0 saturated heterocycles. The van der Waals surface area contributed by atoms with Crippen molar-refractivity contribution in [2.24, 2.45) is 5.92 Å². The van der Waals surface area contributed by atoms with Gasteiger partial charge in [0.15, 0.2) is 0 Å². The van der Waals surface area contributed by atoms with E-state index < -0.39 is 5.97 Å². The molecule has 2 atom stereocenters. The van der Waals surface area contributed by atoms with Crippen molar-refractivity contribution in [3.05, 3.63) is 22.8 Å². The normalized spacial score (nSPS) is 23.1. The minimum Gasteiger partial charge on any atom is -0.478 e. The topological polar surface area (TPSA) is 53.4 Å². The molecule has 104 valence electrons. The number of anilines is 1. The Hall–Kier alpha value is -1.29. The molecule has 2 rings (SSSR count). The number of hydrogen-bond acceptors (Lipinski definition) is 3. The molecule has 0 aliphatic heterocycles. The first-order chi connectivity index (χ1) is 9.00. The maximum Gasteiger partial charge on any atom is 0.337 e. The molecule has 1 aromatic heterocycles. The number of halogens is 1. The van der Waals surface area contributed by atoms with Crippen LogP contribution in [0.4, 0.5) is 5.82 Å². The lowest BCUT2D eigenvalue weighted by molar-refractivity contribution is 0.0697. The third-order valence-electron chi connectivity index (χ3n) is 3.89. The molecule has 5 heteroatoms. The van der Waals surface area contributed by atoms with Crippen LogP contribution in [0.3, 0.4) is 0 Å². The lowest BCUT2D eigenvalue weighted by atomic mass is 9.86. The van der Waals surface area contributed by atoms with Gasteiger partial charge in [0.1, 0.15) is 5.82 Å². The van der Waals surface area contributed by atoms with Gasteiger partial charge in [0.05, 0.1) is 10.6 Å². The highest BCUT2D eigenvalue weighted by atomic mass is 35.5. The molecule has 0 radical (unpaired) electrons. The Morgan fingerprint density at radius 3 is 2.89 bits per heavy atom. The van der Waals surface area contributed by atoms with E-state index in [1.165, 1.54) is 25.1 Å². The Morgan fingerprint density at radius 1 is 1.53 bits per heavy atom. The van der Waals surface area contributed by atoms with E-state index >= 15 is 0 Å². The number of carbonyl (C=O) groups is 1. The van der Waals surface area contributed by atoms with Gasteiger partial charge in [-0.3, -0.25) is 0 Å². The molecule has 0 aromatic carbocycles. The zero-order valence-corrected chi connectivity index (χ0v) is 12.0. The number of aromatic nitrogens is 1. The van der Waals surface area contributed by atoms with Crippen LogP contribution in [-0.4, -0.2) is 29.1 Å². The average Bonchev–Trinajstić information content (AvgIpc) is 2.38. The van der Waals surface area contributed by atoms with Gasteiger partial charge in [-0.15, -0.1) is 0 Å². The van der Waals surface area contributed by atoms with E-state index in [1.807, 2.05) is 11.9 Å². The summed E-state index contributed by atoms with van der Waals surface area (Å²) in [4.78, 5) is 17.4. The summed E-state index contributed by atoms with van der Waals surface area (Å²) in [5.41, 5.74) is 0.113. The van der Waals surface area contributed by atoms with Crippen molar-refractivity contribution in [3.63, 3.8) is 0 Å². The predicted octanol–water partition coefficient (Wildman–Crippen LogP) is 3.45. The standard InChI is InChI=1S/C14H19ClN2O2/c1-9-4-3-5-10(8-9)17(2)13-12(15)11(14(18)19)6-7-16-13/h6-7,9-10H,3-5,8H2,1-2H3,(H,18,19). The summed E-state index contributed by atoms with van der Waals surface area (Å²) in [6.07, 6.45) is 6.18. The molecule has 1 heterocycles. The number of pyridine rings is 1. The lowest BCUT2D eigenvalue weighted by Gasteiger charge is -2.35. The lowest BCUT2D eigenvalue weighted by Crippen LogP contribution is -2.36. The number of aromatic carboxylic acids is 1. The first-order valence-corrected chi connectivity index (χ1v) is 6.99.